The zero-order valence-corrected chi connectivity index (χ0v) is 12.3. The van der Waals surface area contributed by atoms with E-state index < -0.39 is 0 Å². The Balaban J connectivity index is 2.09. The number of nitriles is 1. The standard InChI is InChI=1S/C15H16N6/c1-15(2,3)9-20-10-17-8-13(20)12-4-5-14-18-7-11(6-16)21(14)19-12/h4-5,7-8,10H,9H2,1-3H3. The number of fused-ring (bicyclic) bond motifs is 1. The van der Waals surface area contributed by atoms with Crippen LogP contribution in [-0.4, -0.2) is 24.1 Å². The molecule has 0 amide bonds. The van der Waals surface area contributed by atoms with E-state index in [1.807, 2.05) is 18.5 Å². The first kappa shape index (κ1) is 13.3. The lowest BCUT2D eigenvalue weighted by Crippen LogP contribution is -2.15. The minimum absolute atomic E-state index is 0.145. The monoisotopic (exact) mass is 280 g/mol. The van der Waals surface area contributed by atoms with Gasteiger partial charge >= 0.3 is 0 Å². The zero-order valence-electron chi connectivity index (χ0n) is 12.3. The van der Waals surface area contributed by atoms with Crippen molar-refractivity contribution in [2.45, 2.75) is 27.3 Å². The molecule has 0 bridgehead atoms. The fourth-order valence-electron chi connectivity index (χ4n) is 2.26. The summed E-state index contributed by atoms with van der Waals surface area (Å²) in [5.74, 6) is 0. The van der Waals surface area contributed by atoms with E-state index in [2.05, 4.69) is 46.5 Å². The maximum absolute atomic E-state index is 9.09. The van der Waals surface area contributed by atoms with Gasteiger partial charge in [0.15, 0.2) is 11.3 Å². The molecule has 0 atom stereocenters. The number of rotatable bonds is 2. The van der Waals surface area contributed by atoms with Crippen molar-refractivity contribution in [3.05, 3.63) is 36.5 Å². The summed E-state index contributed by atoms with van der Waals surface area (Å²) in [6.45, 7) is 7.38. The van der Waals surface area contributed by atoms with Crippen LogP contribution in [0.25, 0.3) is 17.0 Å². The van der Waals surface area contributed by atoms with E-state index in [4.69, 9.17) is 5.26 Å². The van der Waals surface area contributed by atoms with Crippen LogP contribution in [-0.2, 0) is 6.54 Å². The third-order valence-electron chi connectivity index (χ3n) is 3.10. The first-order valence-electron chi connectivity index (χ1n) is 6.73. The van der Waals surface area contributed by atoms with E-state index in [1.54, 1.807) is 10.7 Å². The van der Waals surface area contributed by atoms with Crippen LogP contribution in [0.2, 0.25) is 0 Å². The van der Waals surface area contributed by atoms with Gasteiger partial charge in [-0.05, 0) is 17.5 Å². The van der Waals surface area contributed by atoms with Crippen molar-refractivity contribution in [3.8, 4) is 17.5 Å². The van der Waals surface area contributed by atoms with Gasteiger partial charge in [-0.15, -0.1) is 0 Å². The molecule has 3 aromatic heterocycles. The lowest BCUT2D eigenvalue weighted by Gasteiger charge is -2.20. The molecule has 0 saturated heterocycles. The summed E-state index contributed by atoms with van der Waals surface area (Å²) in [6, 6.07) is 5.85. The maximum atomic E-state index is 9.09. The number of hydrogen-bond donors (Lipinski definition) is 0. The molecule has 0 aliphatic rings. The highest BCUT2D eigenvalue weighted by atomic mass is 15.3. The Bertz CT molecular complexity index is 828. The van der Waals surface area contributed by atoms with Gasteiger partial charge < -0.3 is 4.57 Å². The van der Waals surface area contributed by atoms with Crippen LogP contribution in [0.15, 0.2) is 30.9 Å². The molecule has 6 nitrogen and oxygen atoms in total. The van der Waals surface area contributed by atoms with Gasteiger partial charge in [-0.1, -0.05) is 20.8 Å². The van der Waals surface area contributed by atoms with Crippen LogP contribution in [0.4, 0.5) is 0 Å². The molecule has 0 saturated carbocycles. The summed E-state index contributed by atoms with van der Waals surface area (Å²) >= 11 is 0. The van der Waals surface area contributed by atoms with Gasteiger partial charge in [-0.2, -0.15) is 10.4 Å². The lowest BCUT2D eigenvalue weighted by atomic mass is 9.97. The Morgan fingerprint density at radius 3 is 2.76 bits per heavy atom. The molecular weight excluding hydrogens is 264 g/mol. The number of aromatic nitrogens is 5. The second kappa shape index (κ2) is 4.70. The van der Waals surface area contributed by atoms with E-state index in [0.717, 1.165) is 17.9 Å². The molecule has 0 radical (unpaired) electrons. The fourth-order valence-corrected chi connectivity index (χ4v) is 2.26. The summed E-state index contributed by atoms with van der Waals surface area (Å²) in [6.07, 6.45) is 5.13. The predicted octanol–water partition coefficient (Wildman–Crippen LogP) is 2.51. The number of imidazole rings is 2. The van der Waals surface area contributed by atoms with Crippen LogP contribution in [0, 0.1) is 16.7 Å². The molecule has 0 aromatic carbocycles. The summed E-state index contributed by atoms with van der Waals surface area (Å²) in [5.41, 5.74) is 2.95. The highest BCUT2D eigenvalue weighted by molar-refractivity contribution is 5.56. The van der Waals surface area contributed by atoms with Crippen molar-refractivity contribution < 1.29 is 0 Å². The highest BCUT2D eigenvalue weighted by Gasteiger charge is 2.15. The molecule has 0 unspecified atom stereocenters. The van der Waals surface area contributed by atoms with Crippen molar-refractivity contribution in [3.63, 3.8) is 0 Å². The Morgan fingerprint density at radius 2 is 2.05 bits per heavy atom. The average molecular weight is 280 g/mol. The van der Waals surface area contributed by atoms with Crippen LogP contribution in [0.3, 0.4) is 0 Å². The second-order valence-corrected chi connectivity index (χ2v) is 6.21. The van der Waals surface area contributed by atoms with Crippen molar-refractivity contribution in [1.29, 1.82) is 5.26 Å². The van der Waals surface area contributed by atoms with Gasteiger partial charge in [0.25, 0.3) is 0 Å². The molecule has 21 heavy (non-hydrogen) atoms. The Labute approximate surface area is 122 Å². The van der Waals surface area contributed by atoms with Crippen molar-refractivity contribution in [1.82, 2.24) is 24.1 Å². The van der Waals surface area contributed by atoms with E-state index in [-0.39, 0.29) is 5.41 Å². The van der Waals surface area contributed by atoms with Gasteiger partial charge in [0.1, 0.15) is 11.8 Å². The van der Waals surface area contributed by atoms with Gasteiger partial charge in [0.2, 0.25) is 0 Å². The quantitative estimate of drug-likeness (QED) is 0.723. The molecule has 0 spiro atoms. The molecule has 0 aliphatic carbocycles. The van der Waals surface area contributed by atoms with E-state index in [1.165, 1.54) is 6.20 Å². The Hall–Kier alpha value is -2.68. The third kappa shape index (κ3) is 2.50. The topological polar surface area (TPSA) is 71.8 Å². The van der Waals surface area contributed by atoms with Gasteiger partial charge in [0.05, 0.1) is 24.4 Å². The largest absolute Gasteiger partial charge is 0.329 e. The van der Waals surface area contributed by atoms with E-state index in [0.29, 0.717) is 11.3 Å². The SMILES string of the molecule is CC(C)(C)Cn1cncc1-c1ccc2ncc(C#N)n2n1. The molecule has 3 rings (SSSR count). The second-order valence-electron chi connectivity index (χ2n) is 6.21. The van der Waals surface area contributed by atoms with Gasteiger partial charge in [-0.3, -0.25) is 0 Å². The van der Waals surface area contributed by atoms with Crippen LogP contribution in [0.5, 0.6) is 0 Å². The zero-order chi connectivity index (χ0) is 15.0. The number of nitrogens with zero attached hydrogens (tertiary/aromatic N) is 6. The molecule has 6 heteroatoms. The molecule has 0 N–H and O–H groups in total. The first-order chi connectivity index (χ1) is 9.98. The molecule has 0 aliphatic heterocycles. The molecule has 3 heterocycles. The van der Waals surface area contributed by atoms with Crippen molar-refractivity contribution >= 4 is 5.65 Å². The first-order valence-corrected chi connectivity index (χ1v) is 6.73. The van der Waals surface area contributed by atoms with Crippen molar-refractivity contribution in [2.75, 3.05) is 0 Å². The maximum Gasteiger partial charge on any atom is 0.162 e. The molecular formula is C15H16N6. The summed E-state index contributed by atoms with van der Waals surface area (Å²) in [5, 5.41) is 13.6. The highest BCUT2D eigenvalue weighted by Crippen LogP contribution is 2.23. The van der Waals surface area contributed by atoms with E-state index in [9.17, 15) is 0 Å². The Morgan fingerprint density at radius 1 is 1.24 bits per heavy atom. The minimum Gasteiger partial charge on any atom is -0.329 e. The fraction of sp³-hybridized carbons (Fsp3) is 0.333. The normalized spacial score (nSPS) is 11.7. The number of hydrogen-bond acceptors (Lipinski definition) is 4. The predicted molar refractivity (Wildman–Crippen MR) is 78.4 cm³/mol. The molecule has 3 aromatic rings. The van der Waals surface area contributed by atoms with Crippen LogP contribution in [0.1, 0.15) is 26.5 Å². The summed E-state index contributed by atoms with van der Waals surface area (Å²) in [7, 11) is 0. The summed E-state index contributed by atoms with van der Waals surface area (Å²) < 4.78 is 3.64. The molecule has 0 fully saturated rings. The van der Waals surface area contributed by atoms with Gasteiger partial charge in [-0.25, -0.2) is 14.5 Å². The van der Waals surface area contributed by atoms with Crippen LogP contribution >= 0.6 is 0 Å². The molecule has 106 valence electrons. The third-order valence-corrected chi connectivity index (χ3v) is 3.10. The van der Waals surface area contributed by atoms with Crippen molar-refractivity contribution in [2.24, 2.45) is 5.41 Å². The Kier molecular flexibility index (Phi) is 2.98. The summed E-state index contributed by atoms with van der Waals surface area (Å²) in [4.78, 5) is 8.38. The minimum atomic E-state index is 0.145. The lowest BCUT2D eigenvalue weighted by molar-refractivity contribution is 0.345. The smallest absolute Gasteiger partial charge is 0.162 e. The van der Waals surface area contributed by atoms with Crippen LogP contribution < -0.4 is 0 Å². The van der Waals surface area contributed by atoms with Gasteiger partial charge in [0, 0.05) is 6.54 Å². The van der Waals surface area contributed by atoms with E-state index >= 15 is 0 Å². The average Bonchev–Trinajstić information content (AvgIpc) is 3.02.